The van der Waals surface area contributed by atoms with Crippen LogP contribution in [-0.4, -0.2) is 35.0 Å². The monoisotopic (exact) mass is 357 g/mol. The van der Waals surface area contributed by atoms with Gasteiger partial charge in [-0.2, -0.15) is 0 Å². The predicted molar refractivity (Wildman–Crippen MR) is 97.7 cm³/mol. The van der Waals surface area contributed by atoms with Crippen LogP contribution >= 0.6 is 11.6 Å². The van der Waals surface area contributed by atoms with Gasteiger partial charge < -0.3 is 10.0 Å². The Morgan fingerprint density at radius 2 is 1.84 bits per heavy atom. The number of hydrogen-bond donors (Lipinski definition) is 1. The second-order valence-corrected chi connectivity index (χ2v) is 6.93. The molecule has 1 aliphatic rings. The van der Waals surface area contributed by atoms with Gasteiger partial charge in [0.1, 0.15) is 0 Å². The summed E-state index contributed by atoms with van der Waals surface area (Å²) in [6, 6.07) is 15.3. The fourth-order valence-corrected chi connectivity index (χ4v) is 3.56. The van der Waals surface area contributed by atoms with Gasteiger partial charge in [0.05, 0.1) is 16.5 Å². The van der Waals surface area contributed by atoms with Crippen molar-refractivity contribution >= 4 is 23.5 Å². The molecule has 1 N–H and O–H groups in total. The number of amides is 1. The molecule has 1 amide bonds. The average Bonchev–Trinajstić information content (AvgIpc) is 2.62. The lowest BCUT2D eigenvalue weighted by Crippen LogP contribution is -2.45. The van der Waals surface area contributed by atoms with Crippen molar-refractivity contribution in [2.45, 2.75) is 13.3 Å². The van der Waals surface area contributed by atoms with E-state index in [4.69, 9.17) is 11.6 Å². The fourth-order valence-electron chi connectivity index (χ4n) is 3.37. The lowest BCUT2D eigenvalue weighted by molar-refractivity contribution is -0.145. The zero-order valence-corrected chi connectivity index (χ0v) is 14.7. The predicted octanol–water partition coefficient (Wildman–Crippen LogP) is 4.19. The summed E-state index contributed by atoms with van der Waals surface area (Å²) in [5.41, 5.74) is 2.41. The Labute approximate surface area is 152 Å². The normalized spacial score (nSPS) is 20.3. The molecule has 25 heavy (non-hydrogen) atoms. The van der Waals surface area contributed by atoms with Gasteiger partial charge in [-0.3, -0.25) is 9.59 Å². The fraction of sp³-hybridized carbons (Fsp3) is 0.300. The summed E-state index contributed by atoms with van der Waals surface area (Å²) in [7, 11) is 0. The summed E-state index contributed by atoms with van der Waals surface area (Å²) in [4.78, 5) is 25.9. The van der Waals surface area contributed by atoms with E-state index in [0.29, 0.717) is 30.1 Å². The summed E-state index contributed by atoms with van der Waals surface area (Å²) in [5.74, 6) is -1.40. The molecule has 1 fully saturated rings. The largest absolute Gasteiger partial charge is 0.481 e. The molecule has 0 aliphatic carbocycles. The van der Waals surface area contributed by atoms with Crippen molar-refractivity contribution in [3.8, 4) is 11.1 Å². The molecular formula is C20H20ClNO3. The van der Waals surface area contributed by atoms with E-state index in [0.717, 1.165) is 11.1 Å². The van der Waals surface area contributed by atoms with Crippen molar-refractivity contribution in [1.29, 1.82) is 0 Å². The third-order valence-electron chi connectivity index (χ3n) is 4.81. The highest BCUT2D eigenvalue weighted by molar-refractivity contribution is 6.34. The maximum atomic E-state index is 12.9. The van der Waals surface area contributed by atoms with Crippen molar-refractivity contribution in [3.05, 3.63) is 59.1 Å². The molecular weight excluding hydrogens is 338 g/mol. The molecule has 0 aromatic heterocycles. The zero-order valence-electron chi connectivity index (χ0n) is 14.0. The molecule has 0 saturated carbocycles. The SMILES string of the molecule is CC1CN(C(=O)c2cc(-c3ccccc3)ccc2Cl)CCC1C(=O)O. The topological polar surface area (TPSA) is 57.6 Å². The molecule has 2 unspecified atom stereocenters. The maximum absolute atomic E-state index is 12.9. The Kier molecular flexibility index (Phi) is 5.09. The minimum Gasteiger partial charge on any atom is -0.481 e. The van der Waals surface area contributed by atoms with Crippen LogP contribution in [0.2, 0.25) is 5.02 Å². The average molecular weight is 358 g/mol. The van der Waals surface area contributed by atoms with E-state index in [1.54, 1.807) is 11.0 Å². The van der Waals surface area contributed by atoms with Gasteiger partial charge in [0.25, 0.3) is 5.91 Å². The lowest BCUT2D eigenvalue weighted by atomic mass is 9.86. The van der Waals surface area contributed by atoms with E-state index in [1.165, 1.54) is 0 Å². The Balaban J connectivity index is 1.84. The first kappa shape index (κ1) is 17.5. The highest BCUT2D eigenvalue weighted by atomic mass is 35.5. The summed E-state index contributed by atoms with van der Waals surface area (Å²) in [6.07, 6.45) is 0.470. The van der Waals surface area contributed by atoms with Crippen LogP contribution in [0.25, 0.3) is 11.1 Å². The smallest absolute Gasteiger partial charge is 0.306 e. The maximum Gasteiger partial charge on any atom is 0.306 e. The van der Waals surface area contributed by atoms with E-state index in [2.05, 4.69) is 0 Å². The number of likely N-dealkylation sites (tertiary alicyclic amines) is 1. The molecule has 0 spiro atoms. The molecule has 4 nitrogen and oxygen atoms in total. The third-order valence-corrected chi connectivity index (χ3v) is 5.14. The standard InChI is InChI=1S/C20H20ClNO3/c1-13-12-22(10-9-16(13)20(24)25)19(23)17-11-15(7-8-18(17)21)14-5-3-2-4-6-14/h2-8,11,13,16H,9-10,12H2,1H3,(H,24,25). The van der Waals surface area contributed by atoms with E-state index < -0.39 is 11.9 Å². The van der Waals surface area contributed by atoms with E-state index in [9.17, 15) is 14.7 Å². The molecule has 1 heterocycles. The van der Waals surface area contributed by atoms with Gasteiger partial charge in [0, 0.05) is 13.1 Å². The Morgan fingerprint density at radius 1 is 1.12 bits per heavy atom. The lowest BCUT2D eigenvalue weighted by Gasteiger charge is -2.35. The Bertz CT molecular complexity index is 791. The molecule has 1 saturated heterocycles. The van der Waals surface area contributed by atoms with Crippen LogP contribution in [0.5, 0.6) is 0 Å². The van der Waals surface area contributed by atoms with Crippen LogP contribution in [-0.2, 0) is 4.79 Å². The van der Waals surface area contributed by atoms with Crippen LogP contribution in [0.4, 0.5) is 0 Å². The summed E-state index contributed by atoms with van der Waals surface area (Å²) < 4.78 is 0. The van der Waals surface area contributed by atoms with Crippen molar-refractivity contribution in [2.75, 3.05) is 13.1 Å². The van der Waals surface area contributed by atoms with Crippen LogP contribution in [0.15, 0.2) is 48.5 Å². The van der Waals surface area contributed by atoms with Crippen LogP contribution < -0.4 is 0 Å². The highest BCUT2D eigenvalue weighted by Gasteiger charge is 2.33. The third kappa shape index (κ3) is 3.69. The second-order valence-electron chi connectivity index (χ2n) is 6.52. The summed E-state index contributed by atoms with van der Waals surface area (Å²) >= 11 is 6.27. The van der Waals surface area contributed by atoms with Crippen molar-refractivity contribution in [3.63, 3.8) is 0 Å². The van der Waals surface area contributed by atoms with Gasteiger partial charge in [-0.1, -0.05) is 54.9 Å². The first-order valence-electron chi connectivity index (χ1n) is 8.34. The summed E-state index contributed by atoms with van der Waals surface area (Å²) in [5, 5.41) is 9.65. The Morgan fingerprint density at radius 3 is 2.48 bits per heavy atom. The van der Waals surface area contributed by atoms with Crippen molar-refractivity contribution in [2.24, 2.45) is 11.8 Å². The van der Waals surface area contributed by atoms with Crippen LogP contribution in [0.3, 0.4) is 0 Å². The van der Waals surface area contributed by atoms with Crippen molar-refractivity contribution < 1.29 is 14.7 Å². The van der Waals surface area contributed by atoms with E-state index in [1.807, 2.05) is 49.4 Å². The summed E-state index contributed by atoms with van der Waals surface area (Å²) in [6.45, 7) is 2.74. The minimum absolute atomic E-state index is 0.0775. The molecule has 1 aliphatic heterocycles. The molecule has 2 aromatic rings. The first-order chi connectivity index (χ1) is 12.0. The molecule has 3 rings (SSSR count). The Hall–Kier alpha value is -2.33. The number of carbonyl (C=O) groups excluding carboxylic acids is 1. The van der Waals surface area contributed by atoms with Crippen LogP contribution in [0.1, 0.15) is 23.7 Å². The molecule has 2 atom stereocenters. The second kappa shape index (κ2) is 7.28. The van der Waals surface area contributed by atoms with Gasteiger partial charge in [0.2, 0.25) is 0 Å². The number of nitrogens with zero attached hydrogens (tertiary/aromatic N) is 1. The minimum atomic E-state index is -0.788. The number of carbonyl (C=O) groups is 2. The highest BCUT2D eigenvalue weighted by Crippen LogP contribution is 2.29. The van der Waals surface area contributed by atoms with E-state index in [-0.39, 0.29) is 11.8 Å². The number of hydrogen-bond acceptors (Lipinski definition) is 2. The van der Waals surface area contributed by atoms with Gasteiger partial charge in [-0.25, -0.2) is 0 Å². The van der Waals surface area contributed by atoms with Gasteiger partial charge in [-0.15, -0.1) is 0 Å². The first-order valence-corrected chi connectivity index (χ1v) is 8.72. The number of rotatable bonds is 3. The van der Waals surface area contributed by atoms with Gasteiger partial charge in [-0.05, 0) is 35.6 Å². The molecule has 130 valence electrons. The zero-order chi connectivity index (χ0) is 18.0. The number of carboxylic acid groups (broad SMARTS) is 1. The van der Waals surface area contributed by atoms with Gasteiger partial charge >= 0.3 is 5.97 Å². The van der Waals surface area contributed by atoms with E-state index >= 15 is 0 Å². The number of halogens is 1. The molecule has 0 bridgehead atoms. The molecule has 0 radical (unpaired) electrons. The van der Waals surface area contributed by atoms with Gasteiger partial charge in [0.15, 0.2) is 0 Å². The van der Waals surface area contributed by atoms with Crippen LogP contribution in [0, 0.1) is 11.8 Å². The molecule has 2 aromatic carbocycles. The number of carboxylic acids is 1. The number of piperidine rings is 1. The van der Waals surface area contributed by atoms with Crippen molar-refractivity contribution in [1.82, 2.24) is 4.90 Å². The number of benzene rings is 2. The molecule has 5 heteroatoms. The quantitative estimate of drug-likeness (QED) is 0.896. The number of aliphatic carboxylic acids is 1.